The maximum absolute atomic E-state index is 11.8. The smallest absolute Gasteiger partial charge is 0.305 e. The molecule has 1 N–H and O–H groups in total. The van der Waals surface area contributed by atoms with E-state index in [2.05, 4.69) is 31.3 Å². The van der Waals surface area contributed by atoms with Crippen molar-refractivity contribution in [3.8, 4) is 0 Å². The fourth-order valence-corrected chi connectivity index (χ4v) is 4.42. The Labute approximate surface area is 161 Å². The van der Waals surface area contributed by atoms with Crippen molar-refractivity contribution >= 4 is 17.6 Å². The standard InChI is InChI=1S/C21H30ClNO3/c1-3-4-8-25-20(24)7-5-6-16-10-17(9-15(2)19(16)12-22)21-11-18(13-26-21)23-14-21/h9-10,18,23H,3-8,11-14H2,1-2H3. The number of nitrogens with one attached hydrogen (secondary N) is 1. The van der Waals surface area contributed by atoms with Gasteiger partial charge in [0.05, 0.1) is 13.2 Å². The molecular formula is C21H30ClNO3. The van der Waals surface area contributed by atoms with Crippen molar-refractivity contribution in [3.63, 3.8) is 0 Å². The van der Waals surface area contributed by atoms with Crippen molar-refractivity contribution in [1.29, 1.82) is 0 Å². The van der Waals surface area contributed by atoms with E-state index >= 15 is 0 Å². The average molecular weight is 380 g/mol. The lowest BCUT2D eigenvalue weighted by Crippen LogP contribution is -2.37. The van der Waals surface area contributed by atoms with Crippen LogP contribution in [0.4, 0.5) is 0 Å². The number of unbranched alkanes of at least 4 members (excludes halogenated alkanes) is 1. The number of ether oxygens (including phenoxy) is 2. The Morgan fingerprint density at radius 3 is 2.88 bits per heavy atom. The highest BCUT2D eigenvalue weighted by molar-refractivity contribution is 6.17. The third-order valence-electron chi connectivity index (χ3n) is 5.63. The number of fused-ring (bicyclic) bond motifs is 2. The van der Waals surface area contributed by atoms with Crippen LogP contribution in [0.3, 0.4) is 0 Å². The van der Waals surface area contributed by atoms with E-state index in [0.29, 0.717) is 24.9 Å². The first-order valence-corrected chi connectivity index (χ1v) is 10.3. The summed E-state index contributed by atoms with van der Waals surface area (Å²) in [6, 6.07) is 4.96. The van der Waals surface area contributed by atoms with Gasteiger partial charge in [-0.2, -0.15) is 0 Å². The van der Waals surface area contributed by atoms with Gasteiger partial charge in [0.2, 0.25) is 0 Å². The predicted octanol–water partition coefficient (Wildman–Crippen LogP) is 3.99. The lowest BCUT2D eigenvalue weighted by atomic mass is 9.87. The summed E-state index contributed by atoms with van der Waals surface area (Å²) in [7, 11) is 0. The highest BCUT2D eigenvalue weighted by Gasteiger charge is 2.47. The normalized spacial score (nSPS) is 24.2. The topological polar surface area (TPSA) is 47.6 Å². The molecule has 144 valence electrons. The second-order valence-corrected chi connectivity index (χ2v) is 7.85. The molecule has 2 saturated heterocycles. The lowest BCUT2D eigenvalue weighted by molar-refractivity contribution is -0.143. The number of hydrogen-bond donors (Lipinski definition) is 1. The van der Waals surface area contributed by atoms with E-state index in [0.717, 1.165) is 45.3 Å². The van der Waals surface area contributed by atoms with E-state index in [1.54, 1.807) is 0 Å². The molecule has 26 heavy (non-hydrogen) atoms. The molecule has 2 aliphatic rings. The summed E-state index contributed by atoms with van der Waals surface area (Å²) in [4.78, 5) is 11.8. The van der Waals surface area contributed by atoms with Crippen molar-refractivity contribution in [2.75, 3.05) is 19.8 Å². The van der Waals surface area contributed by atoms with Crippen LogP contribution in [0.1, 0.15) is 61.3 Å². The van der Waals surface area contributed by atoms with Crippen LogP contribution in [0.2, 0.25) is 0 Å². The van der Waals surface area contributed by atoms with Crippen LogP contribution >= 0.6 is 11.6 Å². The number of halogens is 1. The van der Waals surface area contributed by atoms with Gasteiger partial charge in [-0.3, -0.25) is 4.79 Å². The molecule has 2 aliphatic heterocycles. The molecule has 4 nitrogen and oxygen atoms in total. The molecule has 1 aromatic rings. The Hall–Kier alpha value is -1.10. The van der Waals surface area contributed by atoms with Gasteiger partial charge >= 0.3 is 5.97 Å². The summed E-state index contributed by atoms with van der Waals surface area (Å²) in [5, 5.41) is 3.53. The Kier molecular flexibility index (Phi) is 6.60. The molecule has 0 saturated carbocycles. The molecule has 0 amide bonds. The van der Waals surface area contributed by atoms with Crippen LogP contribution in [0.15, 0.2) is 12.1 Å². The number of esters is 1. The van der Waals surface area contributed by atoms with Crippen molar-refractivity contribution in [3.05, 3.63) is 34.4 Å². The Morgan fingerprint density at radius 2 is 2.27 bits per heavy atom. The Balaban J connectivity index is 1.67. The molecule has 1 aromatic carbocycles. The van der Waals surface area contributed by atoms with E-state index in [1.807, 2.05) is 0 Å². The molecule has 2 fully saturated rings. The van der Waals surface area contributed by atoms with E-state index in [4.69, 9.17) is 21.1 Å². The van der Waals surface area contributed by atoms with Gasteiger partial charge in [0.25, 0.3) is 0 Å². The monoisotopic (exact) mass is 379 g/mol. The maximum atomic E-state index is 11.8. The van der Waals surface area contributed by atoms with Gasteiger partial charge in [0.1, 0.15) is 5.60 Å². The van der Waals surface area contributed by atoms with E-state index in [9.17, 15) is 4.79 Å². The van der Waals surface area contributed by atoms with Crippen LogP contribution in [-0.2, 0) is 32.2 Å². The SMILES string of the molecule is CCCCOC(=O)CCCc1cc(C23CNC(CO2)C3)cc(C)c1CCl. The summed E-state index contributed by atoms with van der Waals surface area (Å²) in [5.74, 6) is 0.399. The number of carbonyl (C=O) groups excluding carboxylic acids is 1. The molecule has 2 atom stereocenters. The van der Waals surface area contributed by atoms with Gasteiger partial charge in [0, 0.05) is 24.9 Å². The van der Waals surface area contributed by atoms with Crippen molar-refractivity contribution in [2.24, 2.45) is 0 Å². The van der Waals surface area contributed by atoms with E-state index in [1.165, 1.54) is 22.3 Å². The molecule has 0 spiro atoms. The molecule has 3 rings (SSSR count). The molecular weight excluding hydrogens is 350 g/mol. The summed E-state index contributed by atoms with van der Waals surface area (Å²) < 4.78 is 11.4. The van der Waals surface area contributed by atoms with Crippen LogP contribution in [0.25, 0.3) is 0 Å². The number of hydrogen-bond acceptors (Lipinski definition) is 4. The van der Waals surface area contributed by atoms with Crippen molar-refractivity contribution < 1.29 is 14.3 Å². The van der Waals surface area contributed by atoms with Gasteiger partial charge in [-0.05, 0) is 54.9 Å². The Morgan fingerprint density at radius 1 is 1.42 bits per heavy atom. The summed E-state index contributed by atoms with van der Waals surface area (Å²) in [5.41, 5.74) is 4.70. The van der Waals surface area contributed by atoms with Crippen LogP contribution < -0.4 is 5.32 Å². The van der Waals surface area contributed by atoms with Crippen LogP contribution in [0, 0.1) is 6.92 Å². The molecule has 5 heteroatoms. The maximum Gasteiger partial charge on any atom is 0.305 e. The van der Waals surface area contributed by atoms with Crippen molar-refractivity contribution in [1.82, 2.24) is 5.32 Å². The number of benzene rings is 1. The first-order chi connectivity index (χ1) is 12.6. The highest BCUT2D eigenvalue weighted by atomic mass is 35.5. The third kappa shape index (κ3) is 4.24. The second kappa shape index (κ2) is 8.73. The third-order valence-corrected chi connectivity index (χ3v) is 5.89. The Bertz CT molecular complexity index is 638. The van der Waals surface area contributed by atoms with E-state index in [-0.39, 0.29) is 11.6 Å². The largest absolute Gasteiger partial charge is 0.466 e. The zero-order valence-electron chi connectivity index (χ0n) is 15.9. The predicted molar refractivity (Wildman–Crippen MR) is 104 cm³/mol. The summed E-state index contributed by atoms with van der Waals surface area (Å²) >= 11 is 6.22. The van der Waals surface area contributed by atoms with Crippen molar-refractivity contribution in [2.45, 2.75) is 69.9 Å². The molecule has 2 bridgehead atoms. The van der Waals surface area contributed by atoms with Gasteiger partial charge in [0.15, 0.2) is 0 Å². The zero-order valence-corrected chi connectivity index (χ0v) is 16.7. The van der Waals surface area contributed by atoms with Crippen LogP contribution in [-0.4, -0.2) is 31.8 Å². The minimum atomic E-state index is -0.186. The summed E-state index contributed by atoms with van der Waals surface area (Å²) in [6.45, 7) is 6.41. The number of aryl methyl sites for hydroxylation is 2. The van der Waals surface area contributed by atoms with Crippen LogP contribution in [0.5, 0.6) is 0 Å². The van der Waals surface area contributed by atoms with Gasteiger partial charge in [-0.15, -0.1) is 11.6 Å². The average Bonchev–Trinajstić information content (AvgIpc) is 3.24. The molecule has 2 heterocycles. The number of rotatable bonds is 9. The molecule has 0 radical (unpaired) electrons. The molecule has 0 aliphatic carbocycles. The second-order valence-electron chi connectivity index (χ2n) is 7.58. The van der Waals surface area contributed by atoms with Gasteiger partial charge in [-0.25, -0.2) is 0 Å². The first-order valence-electron chi connectivity index (χ1n) is 9.80. The minimum Gasteiger partial charge on any atom is -0.466 e. The van der Waals surface area contributed by atoms with E-state index < -0.39 is 0 Å². The lowest BCUT2D eigenvalue weighted by Gasteiger charge is -2.29. The fraction of sp³-hybridized carbons (Fsp3) is 0.667. The molecule has 0 aromatic heterocycles. The first kappa shape index (κ1) is 19.7. The highest BCUT2D eigenvalue weighted by Crippen LogP contribution is 2.41. The van der Waals surface area contributed by atoms with Gasteiger partial charge in [-0.1, -0.05) is 25.5 Å². The zero-order chi connectivity index (χ0) is 18.6. The fourth-order valence-electron chi connectivity index (χ4n) is 4.04. The molecule has 2 unspecified atom stereocenters. The van der Waals surface area contributed by atoms with Gasteiger partial charge < -0.3 is 14.8 Å². The number of morpholine rings is 1. The minimum absolute atomic E-state index is 0.0979. The number of alkyl halides is 1. The quantitative estimate of drug-likeness (QED) is 0.400. The summed E-state index contributed by atoms with van der Waals surface area (Å²) in [6.07, 6.45) is 5.09. The number of carbonyl (C=O) groups is 1.